The summed E-state index contributed by atoms with van der Waals surface area (Å²) in [7, 11) is 0. The van der Waals surface area contributed by atoms with E-state index in [2.05, 4.69) is 15.6 Å². The van der Waals surface area contributed by atoms with Gasteiger partial charge in [0.15, 0.2) is 0 Å². The molecule has 0 aliphatic rings. The highest BCUT2D eigenvalue weighted by Gasteiger charge is 2.20. The molecule has 0 fully saturated rings. The predicted molar refractivity (Wildman–Crippen MR) is 176 cm³/mol. The molecular weight excluding hydrogens is 616 g/mol. The molecule has 0 radical (unpaired) electrons. The summed E-state index contributed by atoms with van der Waals surface area (Å²) in [5, 5.41) is 5.40. The number of nitrogens with two attached hydrogens (primary N) is 1. The van der Waals surface area contributed by atoms with Crippen LogP contribution in [0.25, 0.3) is 0 Å². The highest BCUT2D eigenvalue weighted by atomic mass is 16.6. The van der Waals surface area contributed by atoms with E-state index >= 15 is 0 Å². The molecule has 4 N–H and O–H groups in total. The number of nitrogens with zero attached hydrogens (tertiary/aromatic N) is 1. The lowest BCUT2D eigenvalue weighted by Crippen LogP contribution is -2.44. The van der Waals surface area contributed by atoms with E-state index in [0.29, 0.717) is 98.2 Å². The molecule has 0 saturated heterocycles. The highest BCUT2D eigenvalue weighted by Crippen LogP contribution is 2.12. The number of alkyl carbamates (subject to hydrolysis) is 1. The second-order valence-corrected chi connectivity index (χ2v) is 11.9. The third kappa shape index (κ3) is 26.7. The molecule has 1 rings (SSSR count). The van der Waals surface area contributed by atoms with Gasteiger partial charge in [0.2, 0.25) is 5.96 Å². The van der Waals surface area contributed by atoms with Gasteiger partial charge in [0.1, 0.15) is 23.6 Å². The Morgan fingerprint density at radius 3 is 1.49 bits per heavy atom. The molecule has 270 valence electrons. The van der Waals surface area contributed by atoms with Crippen molar-refractivity contribution in [3.05, 3.63) is 29.8 Å². The van der Waals surface area contributed by atoms with Crippen LogP contribution in [0.1, 0.15) is 47.1 Å². The molecule has 0 aromatic heterocycles. The summed E-state index contributed by atoms with van der Waals surface area (Å²) < 4.78 is 48.7. The van der Waals surface area contributed by atoms with Crippen molar-refractivity contribution in [2.24, 2.45) is 10.7 Å². The van der Waals surface area contributed by atoms with E-state index in [1.165, 1.54) is 0 Å². The molecule has 0 bridgehead atoms. The van der Waals surface area contributed by atoms with Gasteiger partial charge >= 0.3 is 12.2 Å². The minimum Gasteiger partial charge on any atom is -0.491 e. The molecule has 0 aliphatic carbocycles. The zero-order chi connectivity index (χ0) is 34.8. The molecule has 0 unspecified atom stereocenters. The minimum absolute atomic E-state index is 0.0911. The quantitative estimate of drug-likeness (QED) is 0.0878. The normalized spacial score (nSPS) is 12.1. The summed E-state index contributed by atoms with van der Waals surface area (Å²) in [5.41, 5.74) is 4.73. The van der Waals surface area contributed by atoms with Crippen LogP contribution < -0.4 is 21.1 Å². The van der Waals surface area contributed by atoms with Gasteiger partial charge in [-0.2, -0.15) is 0 Å². The lowest BCUT2D eigenvalue weighted by molar-refractivity contribution is -0.0175. The van der Waals surface area contributed by atoms with Gasteiger partial charge in [0.05, 0.1) is 79.3 Å². The zero-order valence-corrected chi connectivity index (χ0v) is 28.9. The van der Waals surface area contributed by atoms with Gasteiger partial charge in [0, 0.05) is 13.1 Å². The Hall–Kier alpha value is -3.05. The Balaban J connectivity index is 2.17. The summed E-state index contributed by atoms with van der Waals surface area (Å²) in [6, 6.07) is 7.32. The van der Waals surface area contributed by atoms with Gasteiger partial charge in [-0.3, -0.25) is 5.32 Å². The van der Waals surface area contributed by atoms with Crippen LogP contribution in [-0.4, -0.2) is 122 Å². The fourth-order valence-corrected chi connectivity index (χ4v) is 3.28. The third-order valence-corrected chi connectivity index (χ3v) is 5.22. The molecule has 15 nitrogen and oxygen atoms in total. The van der Waals surface area contributed by atoms with E-state index in [1.807, 2.05) is 24.3 Å². The van der Waals surface area contributed by atoms with Gasteiger partial charge in [-0.25, -0.2) is 9.59 Å². The van der Waals surface area contributed by atoms with Crippen LogP contribution in [0.15, 0.2) is 29.3 Å². The number of carbonyl (C=O) groups excluding carboxylic acids is 2. The monoisotopic (exact) mass is 672 g/mol. The van der Waals surface area contributed by atoms with Crippen molar-refractivity contribution >= 4 is 18.1 Å². The lowest BCUT2D eigenvalue weighted by atomic mass is 10.2. The molecular formula is C32H56N4O11. The van der Waals surface area contributed by atoms with E-state index in [0.717, 1.165) is 5.56 Å². The Labute approximate surface area is 279 Å². The maximum Gasteiger partial charge on any atom is 0.437 e. The van der Waals surface area contributed by atoms with Crippen LogP contribution in [0.2, 0.25) is 0 Å². The molecule has 0 aliphatic heterocycles. The number of guanidine groups is 1. The number of benzene rings is 1. The van der Waals surface area contributed by atoms with Crippen molar-refractivity contribution in [1.29, 1.82) is 0 Å². The average molecular weight is 673 g/mol. The SMILES string of the molecule is CC(C)(C)OC(=O)/N=C(/NCc1ccc(OCCOCCOCCOCCOCCOCCOCCN)cc1)NC(=O)OC(C)(C)C. The molecule has 47 heavy (non-hydrogen) atoms. The van der Waals surface area contributed by atoms with Crippen LogP contribution in [0.4, 0.5) is 9.59 Å². The van der Waals surface area contributed by atoms with Crippen molar-refractivity contribution < 1.29 is 52.2 Å². The molecule has 0 atom stereocenters. The number of nitrogens with one attached hydrogen (secondary N) is 2. The number of ether oxygens (including phenoxy) is 9. The van der Waals surface area contributed by atoms with Gasteiger partial charge in [-0.15, -0.1) is 4.99 Å². The number of hydrogen-bond acceptors (Lipinski definition) is 12. The number of carbonyl (C=O) groups is 2. The van der Waals surface area contributed by atoms with Crippen LogP contribution in [0.5, 0.6) is 5.75 Å². The number of amides is 2. The molecule has 15 heteroatoms. The molecule has 2 amide bonds. The number of rotatable bonds is 23. The molecule has 0 spiro atoms. The third-order valence-electron chi connectivity index (χ3n) is 5.22. The van der Waals surface area contributed by atoms with Crippen molar-refractivity contribution in [1.82, 2.24) is 10.6 Å². The van der Waals surface area contributed by atoms with E-state index < -0.39 is 23.4 Å². The molecule has 0 saturated carbocycles. The van der Waals surface area contributed by atoms with Crippen molar-refractivity contribution in [3.8, 4) is 5.75 Å². The second kappa shape index (κ2) is 25.0. The molecule has 0 heterocycles. The summed E-state index contributed by atoms with van der Waals surface area (Å²) in [5.74, 6) is 0.580. The Morgan fingerprint density at radius 2 is 1.06 bits per heavy atom. The smallest absolute Gasteiger partial charge is 0.437 e. The Morgan fingerprint density at radius 1 is 0.638 bits per heavy atom. The first-order chi connectivity index (χ1) is 22.4. The first-order valence-electron chi connectivity index (χ1n) is 15.8. The summed E-state index contributed by atoms with van der Waals surface area (Å²) in [4.78, 5) is 28.3. The summed E-state index contributed by atoms with van der Waals surface area (Å²) in [6.45, 7) is 17.4. The van der Waals surface area contributed by atoms with Crippen molar-refractivity contribution in [3.63, 3.8) is 0 Å². The molecule has 1 aromatic carbocycles. The maximum atomic E-state index is 12.2. The summed E-state index contributed by atoms with van der Waals surface area (Å²) in [6.07, 6.45) is -1.60. The highest BCUT2D eigenvalue weighted by molar-refractivity contribution is 5.98. The predicted octanol–water partition coefficient (Wildman–Crippen LogP) is 3.03. The van der Waals surface area contributed by atoms with Crippen molar-refractivity contribution in [2.75, 3.05) is 92.4 Å². The van der Waals surface area contributed by atoms with Crippen LogP contribution >= 0.6 is 0 Å². The van der Waals surface area contributed by atoms with Gasteiger partial charge in [0.25, 0.3) is 0 Å². The lowest BCUT2D eigenvalue weighted by Gasteiger charge is -2.21. The first kappa shape index (κ1) is 42.0. The summed E-state index contributed by atoms with van der Waals surface area (Å²) >= 11 is 0. The topological polar surface area (TPSA) is 180 Å². The standard InChI is InChI=1S/C32H56N4O11/c1-31(2,3)46-29(37)35-28(36-30(38)47-32(4,5)6)34-25-26-7-9-27(10-8-26)45-24-23-44-22-21-43-20-19-42-18-17-41-16-15-40-14-13-39-12-11-33/h7-10H,11-25,33H2,1-6H3,(H2,34,35,36,37,38). The van der Waals surface area contributed by atoms with Crippen LogP contribution in [-0.2, 0) is 44.4 Å². The van der Waals surface area contributed by atoms with Gasteiger partial charge < -0.3 is 53.7 Å². The number of aliphatic imine (C=N–C) groups is 1. The second-order valence-electron chi connectivity index (χ2n) is 11.9. The van der Waals surface area contributed by atoms with Crippen LogP contribution in [0, 0.1) is 0 Å². The van der Waals surface area contributed by atoms with E-state index in [4.69, 9.17) is 48.4 Å². The largest absolute Gasteiger partial charge is 0.491 e. The maximum absolute atomic E-state index is 12.2. The molecule has 1 aromatic rings. The number of hydrogen-bond donors (Lipinski definition) is 3. The Bertz CT molecular complexity index is 996. The van der Waals surface area contributed by atoms with Crippen molar-refractivity contribution in [2.45, 2.75) is 59.3 Å². The van der Waals surface area contributed by atoms with Gasteiger partial charge in [-0.1, -0.05) is 12.1 Å². The van der Waals surface area contributed by atoms with E-state index in [-0.39, 0.29) is 12.5 Å². The minimum atomic E-state index is -0.848. The van der Waals surface area contributed by atoms with E-state index in [9.17, 15) is 9.59 Å². The fraction of sp³-hybridized carbons (Fsp3) is 0.719. The average Bonchev–Trinajstić information content (AvgIpc) is 2.97. The van der Waals surface area contributed by atoms with Crippen LogP contribution in [0.3, 0.4) is 0 Å². The van der Waals surface area contributed by atoms with E-state index in [1.54, 1.807) is 41.5 Å². The first-order valence-corrected chi connectivity index (χ1v) is 15.8. The zero-order valence-electron chi connectivity index (χ0n) is 28.9. The fourth-order valence-electron chi connectivity index (χ4n) is 3.28. The van der Waals surface area contributed by atoms with Gasteiger partial charge in [-0.05, 0) is 59.2 Å². The Kier molecular flexibility index (Phi) is 22.4.